The maximum absolute atomic E-state index is 12.2. The smallest absolute Gasteiger partial charge is 0.467 e. The van der Waals surface area contributed by atoms with Gasteiger partial charge in [0.25, 0.3) is 0 Å². The Morgan fingerprint density at radius 1 is 1.17 bits per heavy atom. The Labute approximate surface area is 130 Å². The van der Waals surface area contributed by atoms with E-state index in [1.807, 2.05) is 0 Å². The first-order valence-electron chi connectivity index (χ1n) is 6.26. The number of hydrogen-bond donors (Lipinski definition) is 0. The van der Waals surface area contributed by atoms with Crippen LogP contribution in [0.15, 0.2) is 0 Å². The predicted molar refractivity (Wildman–Crippen MR) is 68.6 cm³/mol. The third kappa shape index (κ3) is 4.70. The van der Waals surface area contributed by atoms with Gasteiger partial charge >= 0.3 is 27.7 Å². The van der Waals surface area contributed by atoms with E-state index in [9.17, 15) is 31.2 Å². The lowest BCUT2D eigenvalue weighted by Crippen LogP contribution is -2.30. The molecule has 1 heterocycles. The minimum Gasteiger partial charge on any atom is -0.467 e. The number of amides is 1. The molecule has 2 atom stereocenters. The highest BCUT2D eigenvalue weighted by atomic mass is 32.2. The number of ether oxygens (including phenoxy) is 2. The zero-order valence-electron chi connectivity index (χ0n) is 12.7. The van der Waals surface area contributed by atoms with Gasteiger partial charge in [0.1, 0.15) is 5.60 Å². The number of rotatable bonds is 4. The van der Waals surface area contributed by atoms with E-state index in [4.69, 9.17) is 4.74 Å². The first-order valence-corrected chi connectivity index (χ1v) is 7.67. The number of hydrogen-bond acceptors (Lipinski definition) is 7. The van der Waals surface area contributed by atoms with Gasteiger partial charge in [-0.3, -0.25) is 9.08 Å². The maximum Gasteiger partial charge on any atom is 0.523 e. The molecule has 1 amide bonds. The Hall–Kier alpha value is -1.56. The summed E-state index contributed by atoms with van der Waals surface area (Å²) < 4.78 is 71.5. The zero-order valence-corrected chi connectivity index (χ0v) is 13.5. The molecule has 1 aliphatic rings. The van der Waals surface area contributed by atoms with E-state index in [1.54, 1.807) is 20.8 Å². The molecule has 0 N–H and O–H groups in total. The molecule has 1 saturated heterocycles. The summed E-state index contributed by atoms with van der Waals surface area (Å²) in [5, 5.41) is 0. The molecule has 1 rings (SSSR count). The standard InChI is InChI=1S/C11H16F3NO7S/c1-10(2,3)22-9(17)15-6(7(15)8(16)20-4)5-21-23(18,19)11(12,13)14/h6-7H,5H2,1-4H3/t6-,7+,15?/m1/s1. The molecule has 23 heavy (non-hydrogen) atoms. The van der Waals surface area contributed by atoms with Crippen LogP contribution in [0, 0.1) is 0 Å². The van der Waals surface area contributed by atoms with E-state index in [0.29, 0.717) is 0 Å². The van der Waals surface area contributed by atoms with Crippen molar-refractivity contribution >= 4 is 22.2 Å². The molecule has 0 unspecified atom stereocenters. The Morgan fingerprint density at radius 3 is 2.09 bits per heavy atom. The average molecular weight is 363 g/mol. The number of halogens is 3. The second-order valence-electron chi connectivity index (χ2n) is 5.61. The van der Waals surface area contributed by atoms with Crippen LogP contribution in [0.3, 0.4) is 0 Å². The molecule has 134 valence electrons. The molecule has 0 aromatic heterocycles. The molecule has 0 spiro atoms. The van der Waals surface area contributed by atoms with Gasteiger partial charge in [-0.25, -0.2) is 9.59 Å². The second-order valence-corrected chi connectivity index (χ2v) is 7.21. The lowest BCUT2D eigenvalue weighted by Gasteiger charge is -2.20. The molecular formula is C11H16F3NO7S. The Kier molecular flexibility index (Phi) is 5.21. The number of carbonyl (C=O) groups is 2. The van der Waals surface area contributed by atoms with Crippen LogP contribution < -0.4 is 0 Å². The van der Waals surface area contributed by atoms with Crippen molar-refractivity contribution in [3.63, 3.8) is 0 Å². The van der Waals surface area contributed by atoms with Gasteiger partial charge in [0, 0.05) is 0 Å². The molecular weight excluding hydrogens is 347 g/mol. The third-order valence-electron chi connectivity index (χ3n) is 2.66. The monoisotopic (exact) mass is 363 g/mol. The number of alkyl halides is 3. The summed E-state index contributed by atoms with van der Waals surface area (Å²) in [7, 11) is -4.81. The minimum atomic E-state index is -5.82. The van der Waals surface area contributed by atoms with Gasteiger partial charge in [-0.1, -0.05) is 0 Å². The van der Waals surface area contributed by atoms with E-state index in [-0.39, 0.29) is 0 Å². The van der Waals surface area contributed by atoms with Crippen LogP contribution >= 0.6 is 0 Å². The number of esters is 1. The van der Waals surface area contributed by atoms with Crippen LogP contribution in [0.2, 0.25) is 0 Å². The topological polar surface area (TPSA) is 99.0 Å². The zero-order chi connectivity index (χ0) is 18.2. The highest BCUT2D eigenvalue weighted by molar-refractivity contribution is 7.87. The van der Waals surface area contributed by atoms with E-state index in [2.05, 4.69) is 8.92 Å². The number of methoxy groups -OCH3 is 1. The molecule has 0 aromatic rings. The van der Waals surface area contributed by atoms with Crippen molar-refractivity contribution in [3.05, 3.63) is 0 Å². The second kappa shape index (κ2) is 6.15. The van der Waals surface area contributed by atoms with Crippen molar-refractivity contribution in [2.24, 2.45) is 0 Å². The summed E-state index contributed by atoms with van der Waals surface area (Å²) >= 11 is 0. The number of nitrogens with zero attached hydrogens (tertiary/aromatic N) is 1. The highest BCUT2D eigenvalue weighted by Gasteiger charge is 2.59. The van der Waals surface area contributed by atoms with Crippen molar-refractivity contribution < 1.29 is 44.8 Å². The van der Waals surface area contributed by atoms with Gasteiger partial charge in [0.15, 0.2) is 6.04 Å². The van der Waals surface area contributed by atoms with Gasteiger partial charge in [0.05, 0.1) is 19.8 Å². The molecule has 0 bridgehead atoms. The molecule has 0 saturated carbocycles. The van der Waals surface area contributed by atoms with E-state index >= 15 is 0 Å². The first-order chi connectivity index (χ1) is 10.2. The molecule has 1 aliphatic heterocycles. The SMILES string of the molecule is COC(=O)[C@@H]1[C@@H](COS(=O)(=O)C(F)(F)F)N1C(=O)OC(C)(C)C. The van der Waals surface area contributed by atoms with Gasteiger partial charge < -0.3 is 9.47 Å². The van der Waals surface area contributed by atoms with E-state index in [1.165, 1.54) is 0 Å². The van der Waals surface area contributed by atoms with Crippen LogP contribution in [-0.4, -0.2) is 62.3 Å². The lowest BCUT2D eigenvalue weighted by molar-refractivity contribution is -0.141. The minimum absolute atomic E-state index is 0.753. The van der Waals surface area contributed by atoms with Crippen LogP contribution in [0.25, 0.3) is 0 Å². The van der Waals surface area contributed by atoms with Crippen LogP contribution in [-0.2, 0) is 28.6 Å². The molecule has 0 aromatic carbocycles. The van der Waals surface area contributed by atoms with Gasteiger partial charge in [-0.2, -0.15) is 21.6 Å². The fourth-order valence-corrected chi connectivity index (χ4v) is 2.08. The largest absolute Gasteiger partial charge is 0.523 e. The van der Waals surface area contributed by atoms with Crippen molar-refractivity contribution in [1.29, 1.82) is 0 Å². The summed E-state index contributed by atoms with van der Waals surface area (Å²) in [5.41, 5.74) is -6.51. The predicted octanol–water partition coefficient (Wildman–Crippen LogP) is 1.01. The molecule has 0 aliphatic carbocycles. The summed E-state index contributed by atoms with van der Waals surface area (Å²) in [4.78, 5) is 24.1. The van der Waals surface area contributed by atoms with E-state index < -0.39 is 52.0 Å². The summed E-state index contributed by atoms with van der Waals surface area (Å²) in [6.07, 6.45) is -0.995. The average Bonchev–Trinajstić information content (AvgIpc) is 3.06. The fraction of sp³-hybridized carbons (Fsp3) is 0.818. The quantitative estimate of drug-likeness (QED) is 0.318. The highest BCUT2D eigenvalue weighted by Crippen LogP contribution is 2.34. The van der Waals surface area contributed by atoms with Crippen LogP contribution in [0.4, 0.5) is 18.0 Å². The molecule has 1 fully saturated rings. The van der Waals surface area contributed by atoms with Crippen molar-refractivity contribution in [1.82, 2.24) is 4.90 Å². The molecule has 12 heteroatoms. The molecule has 0 radical (unpaired) electrons. The van der Waals surface area contributed by atoms with Crippen molar-refractivity contribution in [2.45, 2.75) is 44.0 Å². The molecule has 8 nitrogen and oxygen atoms in total. The van der Waals surface area contributed by atoms with Gasteiger partial charge in [-0.15, -0.1) is 0 Å². The Morgan fingerprint density at radius 2 is 1.70 bits per heavy atom. The third-order valence-corrected chi connectivity index (χ3v) is 3.67. The van der Waals surface area contributed by atoms with Gasteiger partial charge in [-0.05, 0) is 20.8 Å². The Balaban J connectivity index is 2.80. The Bertz CT molecular complexity index is 581. The summed E-state index contributed by atoms with van der Waals surface area (Å²) in [6, 6.07) is -2.49. The van der Waals surface area contributed by atoms with Gasteiger partial charge in [0.2, 0.25) is 0 Å². The lowest BCUT2D eigenvalue weighted by atomic mass is 10.2. The van der Waals surface area contributed by atoms with Crippen LogP contribution in [0.1, 0.15) is 20.8 Å². The maximum atomic E-state index is 12.2. The first kappa shape index (κ1) is 19.5. The van der Waals surface area contributed by atoms with Crippen molar-refractivity contribution in [3.8, 4) is 0 Å². The number of carbonyl (C=O) groups excluding carboxylic acids is 2. The fourth-order valence-electron chi connectivity index (χ4n) is 1.63. The van der Waals surface area contributed by atoms with Crippen LogP contribution in [0.5, 0.6) is 0 Å². The summed E-state index contributed by atoms with van der Waals surface area (Å²) in [5.74, 6) is -0.922. The van der Waals surface area contributed by atoms with Crippen molar-refractivity contribution in [2.75, 3.05) is 13.7 Å². The normalized spacial score (nSPS) is 21.8. The summed E-state index contributed by atoms with van der Waals surface area (Å²) in [6.45, 7) is 3.59. The van der Waals surface area contributed by atoms with E-state index in [0.717, 1.165) is 12.0 Å².